The van der Waals surface area contributed by atoms with E-state index in [2.05, 4.69) is 33.1 Å². The molecule has 1 heterocycles. The fourth-order valence-corrected chi connectivity index (χ4v) is 5.54. The molecule has 0 radical (unpaired) electrons. The zero-order valence-corrected chi connectivity index (χ0v) is 24.7. The zero-order chi connectivity index (χ0) is 28.8. The van der Waals surface area contributed by atoms with Crippen LogP contribution in [-0.4, -0.2) is 28.6 Å². The van der Waals surface area contributed by atoms with Crippen molar-refractivity contribution in [3.63, 3.8) is 0 Å². The Morgan fingerprint density at radius 2 is 1.71 bits per heavy atom. The van der Waals surface area contributed by atoms with Gasteiger partial charge in [-0.3, -0.25) is 9.59 Å². The summed E-state index contributed by atoms with van der Waals surface area (Å²) in [4.78, 5) is 40.3. The summed E-state index contributed by atoms with van der Waals surface area (Å²) in [7, 11) is 0. The van der Waals surface area contributed by atoms with Gasteiger partial charge in [0.1, 0.15) is 29.0 Å². The molecule has 0 saturated heterocycles. The Bertz CT molecular complexity index is 1060. The van der Waals surface area contributed by atoms with Gasteiger partial charge in [-0.15, -0.1) is 6.58 Å². The average molecular weight is 525 g/mol. The van der Waals surface area contributed by atoms with Gasteiger partial charge in [0.15, 0.2) is 11.6 Å². The Morgan fingerprint density at radius 3 is 2.26 bits per heavy atom. The maximum atomic E-state index is 14.3. The zero-order valence-electron chi connectivity index (χ0n) is 24.7. The summed E-state index contributed by atoms with van der Waals surface area (Å²) in [5.74, 6) is -1.28. The standard InChI is InChI=1S/C33H48O5/c1-10-12-26(19-23(7)34)27-30-28(29(35)24(8)25(9)38-30)32(37)33(31(27)36,17-15-21(4)5)18-16-22(6)14-11-13-20(2)3/h13,24-26,36H,4,6,10-12,14-19H2,1-3,5,7-9H3. The average Bonchev–Trinajstić information content (AvgIpc) is 2.81. The van der Waals surface area contributed by atoms with Gasteiger partial charge in [0.25, 0.3) is 0 Å². The van der Waals surface area contributed by atoms with Crippen molar-refractivity contribution in [3.05, 3.63) is 58.6 Å². The molecular weight excluding hydrogens is 476 g/mol. The molecule has 4 atom stereocenters. The number of allylic oxidation sites excluding steroid dienone is 7. The highest BCUT2D eigenvalue weighted by atomic mass is 16.5. The van der Waals surface area contributed by atoms with E-state index in [0.29, 0.717) is 37.7 Å². The van der Waals surface area contributed by atoms with E-state index in [1.807, 2.05) is 20.8 Å². The van der Waals surface area contributed by atoms with Crippen molar-refractivity contribution in [2.45, 2.75) is 112 Å². The first-order chi connectivity index (χ1) is 17.8. The Morgan fingerprint density at radius 1 is 1.08 bits per heavy atom. The normalized spacial score (nSPS) is 24.1. The lowest BCUT2D eigenvalue weighted by Gasteiger charge is -2.43. The van der Waals surface area contributed by atoms with Crippen LogP contribution in [0.2, 0.25) is 0 Å². The molecule has 210 valence electrons. The number of ether oxygens (including phenoxy) is 1. The van der Waals surface area contributed by atoms with Crippen LogP contribution < -0.4 is 0 Å². The second-order valence-corrected chi connectivity index (χ2v) is 11.8. The van der Waals surface area contributed by atoms with Crippen molar-refractivity contribution in [1.29, 1.82) is 0 Å². The van der Waals surface area contributed by atoms with Crippen molar-refractivity contribution in [1.82, 2.24) is 0 Å². The number of carbonyl (C=O) groups excluding carboxylic acids is 3. The molecule has 1 aliphatic heterocycles. The van der Waals surface area contributed by atoms with E-state index < -0.39 is 17.4 Å². The van der Waals surface area contributed by atoms with Gasteiger partial charge in [-0.1, -0.05) is 49.6 Å². The third-order valence-corrected chi connectivity index (χ3v) is 8.02. The lowest BCUT2D eigenvalue weighted by molar-refractivity contribution is -0.134. The lowest BCUT2D eigenvalue weighted by Crippen LogP contribution is -2.47. The van der Waals surface area contributed by atoms with Crippen LogP contribution in [0.3, 0.4) is 0 Å². The molecule has 1 N–H and O–H groups in total. The van der Waals surface area contributed by atoms with Gasteiger partial charge in [-0.2, -0.15) is 0 Å². The molecule has 4 unspecified atom stereocenters. The van der Waals surface area contributed by atoms with E-state index in [9.17, 15) is 19.5 Å². The third kappa shape index (κ3) is 7.03. The van der Waals surface area contributed by atoms with E-state index >= 15 is 0 Å². The maximum absolute atomic E-state index is 14.3. The molecule has 2 aliphatic rings. The molecular formula is C33H48O5. The van der Waals surface area contributed by atoms with Crippen molar-refractivity contribution in [2.24, 2.45) is 17.3 Å². The number of hydrogen-bond acceptors (Lipinski definition) is 5. The maximum Gasteiger partial charge on any atom is 0.183 e. The second kappa shape index (κ2) is 13.4. The van der Waals surface area contributed by atoms with Gasteiger partial charge in [0.05, 0.1) is 11.3 Å². The number of carbonyl (C=O) groups is 3. The first-order valence-corrected chi connectivity index (χ1v) is 14.1. The van der Waals surface area contributed by atoms with Crippen LogP contribution in [0.25, 0.3) is 0 Å². The minimum Gasteiger partial charge on any atom is -0.511 e. The van der Waals surface area contributed by atoms with Gasteiger partial charge in [-0.25, -0.2) is 0 Å². The van der Waals surface area contributed by atoms with Crippen LogP contribution in [0, 0.1) is 17.3 Å². The molecule has 5 heteroatoms. The number of aliphatic hydroxyl groups is 1. The Balaban J connectivity index is 2.71. The van der Waals surface area contributed by atoms with Gasteiger partial charge >= 0.3 is 0 Å². The second-order valence-electron chi connectivity index (χ2n) is 11.8. The summed E-state index contributed by atoms with van der Waals surface area (Å²) in [5.41, 5.74) is 2.39. The van der Waals surface area contributed by atoms with Crippen LogP contribution in [0.5, 0.6) is 0 Å². The van der Waals surface area contributed by atoms with Gasteiger partial charge in [0, 0.05) is 12.0 Å². The van der Waals surface area contributed by atoms with Crippen molar-refractivity contribution in [2.75, 3.05) is 0 Å². The summed E-state index contributed by atoms with van der Waals surface area (Å²) in [5, 5.41) is 12.1. The molecule has 5 nitrogen and oxygen atoms in total. The number of hydrogen-bond donors (Lipinski definition) is 1. The van der Waals surface area contributed by atoms with E-state index in [1.165, 1.54) is 12.5 Å². The van der Waals surface area contributed by atoms with E-state index in [0.717, 1.165) is 30.4 Å². The lowest BCUT2D eigenvalue weighted by atomic mass is 9.62. The van der Waals surface area contributed by atoms with Gasteiger partial charge < -0.3 is 14.6 Å². The largest absolute Gasteiger partial charge is 0.511 e. The summed E-state index contributed by atoms with van der Waals surface area (Å²) in [6.45, 7) is 21.5. The molecule has 0 fully saturated rings. The highest BCUT2D eigenvalue weighted by molar-refractivity contribution is 6.25. The summed E-state index contributed by atoms with van der Waals surface area (Å²) >= 11 is 0. The first kappa shape index (κ1) is 31.5. The van der Waals surface area contributed by atoms with Gasteiger partial charge in [-0.05, 0) is 85.5 Å². The Kier molecular flexibility index (Phi) is 11.1. The molecule has 0 aromatic heterocycles. The minimum absolute atomic E-state index is 0.00783. The van der Waals surface area contributed by atoms with E-state index in [-0.39, 0.29) is 46.8 Å². The highest BCUT2D eigenvalue weighted by Gasteiger charge is 2.54. The van der Waals surface area contributed by atoms with Crippen LogP contribution in [0.15, 0.2) is 58.6 Å². The molecule has 1 aliphatic carbocycles. The number of aliphatic hydroxyl groups excluding tert-OH is 1. The SMILES string of the molecule is C=C(C)CCC1(CCC(=C)CCC=C(C)C)C(=O)C2=C(OC(C)C(C)C2=O)C(C(CCC)CC(C)=O)=C1O. The summed E-state index contributed by atoms with van der Waals surface area (Å²) in [6, 6.07) is 0. The van der Waals surface area contributed by atoms with Crippen LogP contribution in [0.1, 0.15) is 106 Å². The van der Waals surface area contributed by atoms with Crippen LogP contribution in [-0.2, 0) is 19.1 Å². The molecule has 0 aromatic rings. The van der Waals surface area contributed by atoms with E-state index in [1.54, 1.807) is 6.92 Å². The van der Waals surface area contributed by atoms with Crippen LogP contribution in [0.4, 0.5) is 0 Å². The van der Waals surface area contributed by atoms with Crippen molar-refractivity contribution in [3.8, 4) is 0 Å². The van der Waals surface area contributed by atoms with E-state index in [4.69, 9.17) is 4.74 Å². The molecule has 0 spiro atoms. The third-order valence-electron chi connectivity index (χ3n) is 8.02. The van der Waals surface area contributed by atoms with Crippen molar-refractivity contribution >= 4 is 17.3 Å². The fraction of sp³-hybridized carbons (Fsp3) is 0.606. The highest BCUT2D eigenvalue weighted by Crippen LogP contribution is 2.52. The fourth-order valence-electron chi connectivity index (χ4n) is 5.54. The predicted octanol–water partition coefficient (Wildman–Crippen LogP) is 8.08. The van der Waals surface area contributed by atoms with Gasteiger partial charge in [0.2, 0.25) is 0 Å². The molecule has 2 rings (SSSR count). The Hall–Kier alpha value is -2.69. The number of Topliss-reactive ketones (excluding diaryl/α,β-unsaturated/α-hetero) is 3. The first-order valence-electron chi connectivity index (χ1n) is 14.1. The molecule has 0 aromatic carbocycles. The van der Waals surface area contributed by atoms with Crippen molar-refractivity contribution < 1.29 is 24.2 Å². The number of ketones is 3. The minimum atomic E-state index is -1.28. The summed E-state index contributed by atoms with van der Waals surface area (Å²) in [6.07, 6.45) is 6.78. The molecule has 0 bridgehead atoms. The monoisotopic (exact) mass is 524 g/mol. The topological polar surface area (TPSA) is 80.7 Å². The smallest absolute Gasteiger partial charge is 0.183 e. The number of rotatable bonds is 14. The predicted molar refractivity (Wildman–Crippen MR) is 154 cm³/mol. The molecule has 0 saturated carbocycles. The molecule has 38 heavy (non-hydrogen) atoms. The Labute approximate surface area is 229 Å². The summed E-state index contributed by atoms with van der Waals surface area (Å²) < 4.78 is 6.22. The molecule has 0 amide bonds. The van der Waals surface area contributed by atoms with Crippen LogP contribution >= 0.6 is 0 Å². The quantitative estimate of drug-likeness (QED) is 0.183.